The van der Waals surface area contributed by atoms with E-state index < -0.39 is 0 Å². The Kier molecular flexibility index (Phi) is 4.67. The van der Waals surface area contributed by atoms with Gasteiger partial charge in [-0.15, -0.1) is 11.3 Å². The maximum Gasteiger partial charge on any atom is 0.317 e. The molecule has 0 aliphatic carbocycles. The van der Waals surface area contributed by atoms with E-state index in [0.29, 0.717) is 6.54 Å². The quantitative estimate of drug-likeness (QED) is 0.939. The zero-order valence-corrected chi connectivity index (χ0v) is 13.9. The number of thiazole rings is 1. The first kappa shape index (κ1) is 15.6. The van der Waals surface area contributed by atoms with Crippen LogP contribution in [0.15, 0.2) is 15.9 Å². The predicted molar refractivity (Wildman–Crippen MR) is 83.4 cm³/mol. The first-order valence-electron chi connectivity index (χ1n) is 6.86. The van der Waals surface area contributed by atoms with E-state index in [1.807, 2.05) is 39.1 Å². The van der Waals surface area contributed by atoms with Gasteiger partial charge < -0.3 is 14.6 Å². The van der Waals surface area contributed by atoms with Crippen molar-refractivity contribution in [3.63, 3.8) is 0 Å². The molecule has 0 radical (unpaired) electrons. The molecule has 0 aliphatic heterocycles. The van der Waals surface area contributed by atoms with Crippen molar-refractivity contribution < 1.29 is 9.21 Å². The zero-order valence-electron chi connectivity index (χ0n) is 13.1. The minimum absolute atomic E-state index is 0.0884. The van der Waals surface area contributed by atoms with Gasteiger partial charge in [0.15, 0.2) is 0 Å². The summed E-state index contributed by atoms with van der Waals surface area (Å²) in [4.78, 5) is 18.2. The van der Waals surface area contributed by atoms with E-state index >= 15 is 0 Å². The molecule has 0 bridgehead atoms. The highest BCUT2D eigenvalue weighted by molar-refractivity contribution is 7.09. The molecule has 21 heavy (non-hydrogen) atoms. The number of hydrogen-bond acceptors (Lipinski definition) is 4. The lowest BCUT2D eigenvalue weighted by molar-refractivity contribution is 0.203. The number of aromatic nitrogens is 1. The summed E-state index contributed by atoms with van der Waals surface area (Å²) >= 11 is 1.59. The summed E-state index contributed by atoms with van der Waals surface area (Å²) in [6, 6.07) is 1.75. The van der Waals surface area contributed by atoms with Crippen LogP contribution in [0.5, 0.6) is 0 Å². The fraction of sp³-hybridized carbons (Fsp3) is 0.467. The maximum atomic E-state index is 12.2. The average molecular weight is 307 g/mol. The van der Waals surface area contributed by atoms with Crippen molar-refractivity contribution in [2.75, 3.05) is 7.05 Å². The van der Waals surface area contributed by atoms with Gasteiger partial charge in [-0.1, -0.05) is 0 Å². The van der Waals surface area contributed by atoms with Crippen LogP contribution in [-0.2, 0) is 6.54 Å². The molecule has 1 atom stereocenters. The lowest BCUT2D eigenvalue weighted by Crippen LogP contribution is -2.38. The normalized spacial score (nSPS) is 12.2. The third-order valence-corrected chi connectivity index (χ3v) is 4.12. The summed E-state index contributed by atoms with van der Waals surface area (Å²) in [5, 5.41) is 5.97. The van der Waals surface area contributed by atoms with E-state index in [4.69, 9.17) is 4.42 Å². The lowest BCUT2D eigenvalue weighted by Gasteiger charge is -2.20. The minimum Gasteiger partial charge on any atom is -0.466 e. The molecule has 2 amide bonds. The number of carbonyl (C=O) groups is 1. The molecular formula is C15H21N3O2S. The molecule has 2 heterocycles. The molecule has 0 fully saturated rings. The summed E-state index contributed by atoms with van der Waals surface area (Å²) in [5.41, 5.74) is 1.93. The molecule has 1 N–H and O–H groups in total. The summed E-state index contributed by atoms with van der Waals surface area (Å²) in [6.45, 7) is 8.23. The maximum absolute atomic E-state index is 12.2. The van der Waals surface area contributed by atoms with Gasteiger partial charge in [-0.3, -0.25) is 0 Å². The summed E-state index contributed by atoms with van der Waals surface area (Å²) in [5.74, 6) is 1.70. The Morgan fingerprint density at radius 3 is 2.71 bits per heavy atom. The Balaban J connectivity index is 1.95. The Labute approximate surface area is 129 Å². The van der Waals surface area contributed by atoms with Crippen LogP contribution in [-0.4, -0.2) is 23.0 Å². The number of amides is 2. The first-order valence-corrected chi connectivity index (χ1v) is 7.74. The van der Waals surface area contributed by atoms with Crippen molar-refractivity contribution in [2.24, 2.45) is 0 Å². The summed E-state index contributed by atoms with van der Waals surface area (Å²) < 4.78 is 5.50. The van der Waals surface area contributed by atoms with Crippen LogP contribution >= 0.6 is 11.3 Å². The van der Waals surface area contributed by atoms with Gasteiger partial charge in [0.2, 0.25) is 0 Å². The molecular weight excluding hydrogens is 286 g/mol. The molecule has 2 rings (SSSR count). The fourth-order valence-electron chi connectivity index (χ4n) is 2.25. The third-order valence-electron chi connectivity index (χ3n) is 3.30. The van der Waals surface area contributed by atoms with Gasteiger partial charge in [-0.25, -0.2) is 9.78 Å². The number of urea groups is 1. The monoisotopic (exact) mass is 307 g/mol. The van der Waals surface area contributed by atoms with E-state index in [-0.39, 0.29) is 12.1 Å². The number of furan rings is 1. The molecule has 1 unspecified atom stereocenters. The molecule has 5 nitrogen and oxygen atoms in total. The molecule has 2 aromatic rings. The number of nitrogens with one attached hydrogen (secondary N) is 1. The van der Waals surface area contributed by atoms with E-state index in [2.05, 4.69) is 10.3 Å². The molecule has 0 saturated carbocycles. The van der Waals surface area contributed by atoms with E-state index in [1.54, 1.807) is 23.3 Å². The number of nitrogens with zero attached hydrogens (tertiary/aromatic N) is 2. The Morgan fingerprint density at radius 1 is 1.48 bits per heavy atom. The SMILES string of the molecule is Cc1cc(C(C)NC(=O)N(C)Cc2csc(C)n2)c(C)o1. The van der Waals surface area contributed by atoms with Crippen LogP contribution < -0.4 is 5.32 Å². The van der Waals surface area contributed by atoms with Gasteiger partial charge in [0.25, 0.3) is 0 Å². The van der Waals surface area contributed by atoms with Crippen LogP contribution in [0.1, 0.15) is 40.8 Å². The Morgan fingerprint density at radius 2 is 2.19 bits per heavy atom. The van der Waals surface area contributed by atoms with Gasteiger partial charge in [0.1, 0.15) is 11.5 Å². The van der Waals surface area contributed by atoms with Gasteiger partial charge in [0, 0.05) is 18.0 Å². The number of hydrogen-bond donors (Lipinski definition) is 1. The van der Waals surface area contributed by atoms with Crippen molar-refractivity contribution in [1.29, 1.82) is 0 Å². The van der Waals surface area contributed by atoms with Crippen molar-refractivity contribution in [3.05, 3.63) is 39.2 Å². The van der Waals surface area contributed by atoms with Gasteiger partial charge in [-0.2, -0.15) is 0 Å². The lowest BCUT2D eigenvalue weighted by atomic mass is 10.1. The smallest absolute Gasteiger partial charge is 0.317 e. The average Bonchev–Trinajstić information content (AvgIpc) is 2.95. The second-order valence-electron chi connectivity index (χ2n) is 5.25. The number of aryl methyl sites for hydroxylation is 3. The first-order chi connectivity index (χ1) is 9.86. The largest absolute Gasteiger partial charge is 0.466 e. The minimum atomic E-state index is -0.119. The van der Waals surface area contributed by atoms with Crippen molar-refractivity contribution in [2.45, 2.75) is 40.3 Å². The van der Waals surface area contributed by atoms with Crippen molar-refractivity contribution >= 4 is 17.4 Å². The molecule has 0 aromatic carbocycles. The molecule has 0 saturated heterocycles. The van der Waals surface area contributed by atoms with Crippen LogP contribution in [0.4, 0.5) is 4.79 Å². The second-order valence-corrected chi connectivity index (χ2v) is 6.32. The third kappa shape index (κ3) is 3.85. The van der Waals surface area contributed by atoms with Crippen molar-refractivity contribution in [1.82, 2.24) is 15.2 Å². The molecule has 6 heteroatoms. The Hall–Kier alpha value is -1.82. The van der Waals surface area contributed by atoms with E-state index in [9.17, 15) is 4.79 Å². The summed E-state index contributed by atoms with van der Waals surface area (Å²) in [7, 11) is 1.77. The highest BCUT2D eigenvalue weighted by atomic mass is 32.1. The van der Waals surface area contributed by atoms with E-state index in [0.717, 1.165) is 27.8 Å². The van der Waals surface area contributed by atoms with E-state index in [1.165, 1.54) is 0 Å². The van der Waals surface area contributed by atoms with Crippen LogP contribution in [0, 0.1) is 20.8 Å². The highest BCUT2D eigenvalue weighted by Gasteiger charge is 2.17. The molecule has 0 spiro atoms. The molecule has 114 valence electrons. The predicted octanol–water partition coefficient (Wildman–Crippen LogP) is 3.56. The topological polar surface area (TPSA) is 58.4 Å². The molecule has 2 aromatic heterocycles. The fourth-order valence-corrected chi connectivity index (χ4v) is 2.85. The number of rotatable bonds is 4. The van der Waals surface area contributed by atoms with Gasteiger partial charge >= 0.3 is 6.03 Å². The van der Waals surface area contributed by atoms with Gasteiger partial charge in [0.05, 0.1) is 23.3 Å². The summed E-state index contributed by atoms with van der Waals surface area (Å²) in [6.07, 6.45) is 0. The van der Waals surface area contributed by atoms with Crippen LogP contribution in [0.25, 0.3) is 0 Å². The number of carbonyl (C=O) groups excluding carboxylic acids is 1. The second kappa shape index (κ2) is 6.30. The standard InChI is InChI=1S/C15H21N3O2S/c1-9-6-14(11(3)20-9)10(2)16-15(19)18(5)7-13-8-21-12(4)17-13/h6,8,10H,7H2,1-5H3,(H,16,19). The van der Waals surface area contributed by atoms with Crippen LogP contribution in [0.3, 0.4) is 0 Å². The molecule has 0 aliphatic rings. The van der Waals surface area contributed by atoms with Crippen molar-refractivity contribution in [3.8, 4) is 0 Å². The zero-order chi connectivity index (χ0) is 15.6. The Bertz CT molecular complexity index is 633. The van der Waals surface area contributed by atoms with Crippen LogP contribution in [0.2, 0.25) is 0 Å². The highest BCUT2D eigenvalue weighted by Crippen LogP contribution is 2.21. The van der Waals surface area contributed by atoms with Gasteiger partial charge in [-0.05, 0) is 33.8 Å².